The maximum atomic E-state index is 13.0. The highest BCUT2D eigenvalue weighted by Gasteiger charge is 2.32. The van der Waals surface area contributed by atoms with Gasteiger partial charge in [-0.3, -0.25) is 14.0 Å². The van der Waals surface area contributed by atoms with Gasteiger partial charge in [-0.2, -0.15) is 13.2 Å². The van der Waals surface area contributed by atoms with Crippen LogP contribution in [0.3, 0.4) is 0 Å². The van der Waals surface area contributed by atoms with Crippen LogP contribution in [0.25, 0.3) is 16.8 Å². The monoisotopic (exact) mass is 535 g/mol. The molecule has 0 spiro atoms. The number of hydrogen-bond acceptors (Lipinski definition) is 6. The zero-order valence-electron chi connectivity index (χ0n) is 20.7. The SMILES string of the molecule is C=CC(=O)N1CCCCC1c1nc(-c2ccc(C(=O)Nc3cc(C(F)(F)F)ccn3)cc2)c2c(N)nccn12. The first-order valence-corrected chi connectivity index (χ1v) is 12.2. The van der Waals surface area contributed by atoms with Crippen LogP contribution in [0.1, 0.15) is 47.1 Å². The molecule has 4 heterocycles. The van der Waals surface area contributed by atoms with Crippen LogP contribution in [0.15, 0.2) is 67.6 Å². The Morgan fingerprint density at radius 3 is 2.59 bits per heavy atom. The lowest BCUT2D eigenvalue weighted by Crippen LogP contribution is -2.38. The van der Waals surface area contributed by atoms with E-state index in [-0.39, 0.29) is 29.1 Å². The van der Waals surface area contributed by atoms with Crippen LogP contribution in [-0.2, 0) is 11.0 Å². The number of hydrogen-bond donors (Lipinski definition) is 2. The minimum atomic E-state index is -4.55. The van der Waals surface area contributed by atoms with E-state index >= 15 is 0 Å². The number of rotatable bonds is 5. The minimum Gasteiger partial charge on any atom is -0.382 e. The highest BCUT2D eigenvalue weighted by Crippen LogP contribution is 2.36. The van der Waals surface area contributed by atoms with E-state index in [1.165, 1.54) is 18.2 Å². The molecule has 1 atom stereocenters. The summed E-state index contributed by atoms with van der Waals surface area (Å²) >= 11 is 0. The average Bonchev–Trinajstić information content (AvgIpc) is 3.33. The number of carbonyl (C=O) groups excluding carboxylic acids is 2. The van der Waals surface area contributed by atoms with Crippen LogP contribution in [0.4, 0.5) is 24.8 Å². The number of nitrogens with one attached hydrogen (secondary N) is 1. The molecule has 2 amide bonds. The molecule has 9 nitrogen and oxygen atoms in total. The fourth-order valence-corrected chi connectivity index (χ4v) is 4.75. The van der Waals surface area contributed by atoms with Gasteiger partial charge in [0.2, 0.25) is 5.91 Å². The zero-order chi connectivity index (χ0) is 27.7. The molecule has 1 fully saturated rings. The molecule has 1 saturated heterocycles. The van der Waals surface area contributed by atoms with Crippen LogP contribution >= 0.6 is 0 Å². The summed E-state index contributed by atoms with van der Waals surface area (Å²) in [5.74, 6) is -0.118. The maximum Gasteiger partial charge on any atom is 0.416 e. The third-order valence-electron chi connectivity index (χ3n) is 6.62. The lowest BCUT2D eigenvalue weighted by Gasteiger charge is -2.34. The van der Waals surface area contributed by atoms with Gasteiger partial charge >= 0.3 is 6.18 Å². The summed E-state index contributed by atoms with van der Waals surface area (Å²) in [6.45, 7) is 4.21. The van der Waals surface area contributed by atoms with Crippen molar-refractivity contribution in [2.45, 2.75) is 31.5 Å². The van der Waals surface area contributed by atoms with E-state index in [4.69, 9.17) is 10.7 Å². The predicted molar refractivity (Wildman–Crippen MR) is 139 cm³/mol. The Morgan fingerprint density at radius 2 is 1.87 bits per heavy atom. The molecular weight excluding hydrogens is 511 g/mol. The van der Waals surface area contributed by atoms with Gasteiger partial charge in [0.15, 0.2) is 0 Å². The topological polar surface area (TPSA) is 119 Å². The Balaban J connectivity index is 1.47. The number of anilines is 2. The number of halogens is 3. The van der Waals surface area contributed by atoms with Crippen molar-refractivity contribution in [1.82, 2.24) is 24.3 Å². The first-order valence-electron chi connectivity index (χ1n) is 12.2. The molecule has 1 unspecified atom stereocenters. The number of fused-ring (bicyclic) bond motifs is 1. The molecule has 3 N–H and O–H groups in total. The molecule has 4 aromatic rings. The summed E-state index contributed by atoms with van der Waals surface area (Å²) in [4.78, 5) is 39.9. The summed E-state index contributed by atoms with van der Waals surface area (Å²) in [6, 6.07) is 7.72. The van der Waals surface area contributed by atoms with Crippen molar-refractivity contribution in [1.29, 1.82) is 0 Å². The van der Waals surface area contributed by atoms with Crippen molar-refractivity contribution < 1.29 is 22.8 Å². The Morgan fingerprint density at radius 1 is 1.10 bits per heavy atom. The molecule has 5 rings (SSSR count). The van der Waals surface area contributed by atoms with Gasteiger partial charge in [-0.15, -0.1) is 0 Å². The number of nitrogen functional groups attached to an aromatic ring is 1. The second kappa shape index (κ2) is 10.2. The van der Waals surface area contributed by atoms with E-state index in [2.05, 4.69) is 21.9 Å². The molecular formula is C27H24F3N7O2. The van der Waals surface area contributed by atoms with Crippen molar-refractivity contribution in [2.24, 2.45) is 0 Å². The number of pyridine rings is 1. The van der Waals surface area contributed by atoms with Crippen molar-refractivity contribution in [3.05, 3.63) is 84.6 Å². The van der Waals surface area contributed by atoms with Crippen LogP contribution in [0.5, 0.6) is 0 Å². The summed E-state index contributed by atoms with van der Waals surface area (Å²) < 4.78 is 40.8. The molecule has 0 radical (unpaired) electrons. The van der Waals surface area contributed by atoms with Gasteiger partial charge < -0.3 is 16.0 Å². The molecule has 1 aromatic carbocycles. The maximum absolute atomic E-state index is 13.0. The molecule has 12 heteroatoms. The zero-order valence-corrected chi connectivity index (χ0v) is 20.7. The van der Waals surface area contributed by atoms with E-state index < -0.39 is 17.6 Å². The van der Waals surface area contributed by atoms with Gasteiger partial charge in [-0.05, 0) is 49.6 Å². The van der Waals surface area contributed by atoms with Gasteiger partial charge in [-0.25, -0.2) is 15.0 Å². The van der Waals surface area contributed by atoms with Crippen LogP contribution in [0.2, 0.25) is 0 Å². The number of imidazole rings is 1. The van der Waals surface area contributed by atoms with E-state index in [9.17, 15) is 22.8 Å². The Kier molecular flexibility index (Phi) is 6.77. The average molecular weight is 536 g/mol. The van der Waals surface area contributed by atoms with Crippen molar-refractivity contribution >= 4 is 29.0 Å². The molecule has 0 aliphatic carbocycles. The largest absolute Gasteiger partial charge is 0.416 e. The summed E-state index contributed by atoms with van der Waals surface area (Å²) in [5, 5.41) is 2.39. The van der Waals surface area contributed by atoms with E-state index in [1.807, 2.05) is 4.40 Å². The number of alkyl halides is 3. The molecule has 39 heavy (non-hydrogen) atoms. The lowest BCUT2D eigenvalue weighted by atomic mass is 10.0. The summed E-state index contributed by atoms with van der Waals surface area (Å²) in [6.07, 6.45) is 3.57. The molecule has 1 aliphatic heterocycles. The van der Waals surface area contributed by atoms with Crippen molar-refractivity contribution in [3.63, 3.8) is 0 Å². The number of carbonyl (C=O) groups is 2. The molecule has 0 bridgehead atoms. The highest BCUT2D eigenvalue weighted by molar-refractivity contribution is 6.04. The van der Waals surface area contributed by atoms with E-state index in [0.29, 0.717) is 29.1 Å². The number of nitrogens with two attached hydrogens (primary N) is 1. The van der Waals surface area contributed by atoms with Gasteiger partial charge in [0.1, 0.15) is 28.7 Å². The number of benzene rings is 1. The first-order chi connectivity index (χ1) is 18.7. The first kappa shape index (κ1) is 25.9. The second-order valence-corrected chi connectivity index (χ2v) is 9.06. The van der Waals surface area contributed by atoms with Gasteiger partial charge in [0, 0.05) is 36.3 Å². The Bertz CT molecular complexity index is 1560. The highest BCUT2D eigenvalue weighted by atomic mass is 19.4. The molecule has 3 aromatic heterocycles. The second-order valence-electron chi connectivity index (χ2n) is 9.06. The van der Waals surface area contributed by atoms with Crippen molar-refractivity contribution in [2.75, 3.05) is 17.6 Å². The Hall–Kier alpha value is -4.74. The molecule has 1 aliphatic rings. The number of aromatic nitrogens is 4. The van der Waals surface area contributed by atoms with Gasteiger partial charge in [-0.1, -0.05) is 18.7 Å². The smallest absolute Gasteiger partial charge is 0.382 e. The number of nitrogens with zero attached hydrogens (tertiary/aromatic N) is 5. The van der Waals surface area contributed by atoms with E-state index in [0.717, 1.165) is 37.6 Å². The number of piperidine rings is 1. The van der Waals surface area contributed by atoms with Crippen LogP contribution in [-0.4, -0.2) is 42.6 Å². The number of likely N-dealkylation sites (tertiary alicyclic amines) is 1. The normalized spacial score (nSPS) is 15.8. The standard InChI is InChI=1S/C27H24F3N7O2/c1-2-21(38)36-13-4-3-5-19(36)25-35-22(23-24(31)33-12-14-37(23)25)16-6-8-17(9-7-16)26(39)34-20-15-18(10-11-32-20)27(28,29)30/h2,6-12,14-15,19H,1,3-5,13H2,(H2,31,33)(H,32,34,39). The van der Waals surface area contributed by atoms with E-state index in [1.54, 1.807) is 29.4 Å². The van der Waals surface area contributed by atoms with Gasteiger partial charge in [0.05, 0.1) is 11.6 Å². The third-order valence-corrected chi connectivity index (χ3v) is 6.62. The van der Waals surface area contributed by atoms with Crippen LogP contribution < -0.4 is 11.1 Å². The fraction of sp³-hybridized carbons (Fsp3) is 0.222. The summed E-state index contributed by atoms with van der Waals surface area (Å²) in [5.41, 5.74) is 7.28. The Labute approximate surface area is 221 Å². The molecule has 0 saturated carbocycles. The predicted octanol–water partition coefficient (Wildman–Crippen LogP) is 4.88. The van der Waals surface area contributed by atoms with Crippen molar-refractivity contribution in [3.8, 4) is 11.3 Å². The molecule has 200 valence electrons. The van der Waals surface area contributed by atoms with Crippen LogP contribution in [0, 0.1) is 0 Å². The summed E-state index contributed by atoms with van der Waals surface area (Å²) in [7, 11) is 0. The van der Waals surface area contributed by atoms with Gasteiger partial charge in [0.25, 0.3) is 5.91 Å². The lowest BCUT2D eigenvalue weighted by molar-refractivity contribution is -0.137. The minimum absolute atomic E-state index is 0.175. The fourth-order valence-electron chi connectivity index (χ4n) is 4.75. The quantitative estimate of drug-likeness (QED) is 0.352. The number of amides is 2. The third kappa shape index (κ3) is 5.05.